The van der Waals surface area contributed by atoms with Crippen molar-refractivity contribution < 1.29 is 29.3 Å². The molecule has 4 aliphatic carbocycles. The van der Waals surface area contributed by atoms with Crippen molar-refractivity contribution in [1.29, 1.82) is 0 Å². The fourth-order valence-electron chi connectivity index (χ4n) is 8.99. The molecule has 2 N–H and O–H groups in total. The molecule has 0 amide bonds. The Labute approximate surface area is 221 Å². The Balaban J connectivity index is 1.78. The molecule has 1 unspecified atom stereocenters. The number of rotatable bonds is 6. The molecule has 0 spiro atoms. The average Bonchev–Trinajstić information content (AvgIpc) is 3.10. The van der Waals surface area contributed by atoms with Crippen LogP contribution >= 0.6 is 0 Å². The summed E-state index contributed by atoms with van der Waals surface area (Å²) < 4.78 is 5.95. The molecule has 6 nitrogen and oxygen atoms in total. The number of esters is 1. The van der Waals surface area contributed by atoms with Crippen LogP contribution in [0, 0.1) is 40.4 Å². The van der Waals surface area contributed by atoms with E-state index in [1.165, 1.54) is 0 Å². The molecule has 4 aliphatic rings. The normalized spacial score (nSPS) is 42.2. The molecule has 0 aromatic carbocycles. The Morgan fingerprint density at radius 2 is 1.78 bits per heavy atom. The minimum absolute atomic E-state index is 0.0942. The van der Waals surface area contributed by atoms with Gasteiger partial charge < -0.3 is 14.9 Å². The van der Waals surface area contributed by atoms with Crippen LogP contribution in [0.2, 0.25) is 0 Å². The number of fused-ring (bicyclic) bond motifs is 5. The third kappa shape index (κ3) is 4.72. The van der Waals surface area contributed by atoms with Crippen LogP contribution < -0.4 is 0 Å². The zero-order valence-electron chi connectivity index (χ0n) is 23.5. The van der Waals surface area contributed by atoms with Crippen LogP contribution in [-0.2, 0) is 19.1 Å². The highest BCUT2D eigenvalue weighted by molar-refractivity contribution is 5.90. The second-order valence-electron chi connectivity index (χ2n) is 13.1. The molecular weight excluding hydrogens is 468 g/mol. The summed E-state index contributed by atoms with van der Waals surface area (Å²) in [4.78, 5) is 39.1. The van der Waals surface area contributed by atoms with Gasteiger partial charge in [0.05, 0.1) is 6.10 Å². The highest BCUT2D eigenvalue weighted by atomic mass is 16.5. The molecular formula is C31H46O6. The van der Waals surface area contributed by atoms with Crippen molar-refractivity contribution in [2.45, 2.75) is 112 Å². The van der Waals surface area contributed by atoms with Crippen LogP contribution in [0.4, 0.5) is 0 Å². The van der Waals surface area contributed by atoms with E-state index in [0.29, 0.717) is 42.7 Å². The van der Waals surface area contributed by atoms with Crippen molar-refractivity contribution in [3.05, 3.63) is 22.8 Å². The smallest absolute Gasteiger partial charge is 0.331 e. The Kier molecular flexibility index (Phi) is 7.82. The molecule has 0 aromatic rings. The summed E-state index contributed by atoms with van der Waals surface area (Å²) in [5, 5.41) is 20.9. The lowest BCUT2D eigenvalue weighted by Gasteiger charge is -2.61. The van der Waals surface area contributed by atoms with Crippen LogP contribution in [0.25, 0.3) is 0 Å². The first-order valence-corrected chi connectivity index (χ1v) is 14.3. The summed E-state index contributed by atoms with van der Waals surface area (Å²) in [5.74, 6) is -0.780. The number of hydrogen-bond donors (Lipinski definition) is 2. The maximum atomic E-state index is 14.0. The molecule has 4 rings (SSSR count). The topological polar surface area (TPSA) is 101 Å². The average molecular weight is 515 g/mol. The molecule has 4 saturated carbocycles. The van der Waals surface area contributed by atoms with Crippen LogP contribution in [0.3, 0.4) is 0 Å². The Bertz CT molecular complexity index is 1010. The third-order valence-electron chi connectivity index (χ3n) is 10.8. The quantitative estimate of drug-likeness (QED) is 0.261. The van der Waals surface area contributed by atoms with Crippen molar-refractivity contribution >= 4 is 17.7 Å². The molecule has 4 fully saturated rings. The molecule has 0 aromatic heterocycles. The number of aliphatic hydroxyl groups excluding tert-OH is 1. The van der Waals surface area contributed by atoms with Gasteiger partial charge in [-0.2, -0.15) is 0 Å². The lowest BCUT2D eigenvalue weighted by Crippen LogP contribution is -2.59. The number of carboxylic acid groups (broad SMARTS) is 1. The summed E-state index contributed by atoms with van der Waals surface area (Å²) in [5.41, 5.74) is 1.67. The van der Waals surface area contributed by atoms with Gasteiger partial charge in [0.25, 0.3) is 0 Å². The zero-order valence-corrected chi connectivity index (χ0v) is 23.5. The second-order valence-corrected chi connectivity index (χ2v) is 13.1. The lowest BCUT2D eigenvalue weighted by molar-refractivity contribution is -0.170. The van der Waals surface area contributed by atoms with Crippen molar-refractivity contribution in [3.63, 3.8) is 0 Å². The van der Waals surface area contributed by atoms with Gasteiger partial charge in [-0.05, 0) is 98.9 Å². The van der Waals surface area contributed by atoms with E-state index in [4.69, 9.17) is 4.74 Å². The molecule has 0 bridgehead atoms. The van der Waals surface area contributed by atoms with Gasteiger partial charge in [-0.25, -0.2) is 4.79 Å². The molecule has 37 heavy (non-hydrogen) atoms. The minimum Gasteiger partial charge on any atom is -0.478 e. The van der Waals surface area contributed by atoms with Crippen molar-refractivity contribution in [3.8, 4) is 0 Å². The predicted molar refractivity (Wildman–Crippen MR) is 142 cm³/mol. The van der Waals surface area contributed by atoms with E-state index in [1.54, 1.807) is 6.92 Å². The lowest BCUT2D eigenvalue weighted by atomic mass is 9.42. The standard InChI is InChI=1S/C31H46O6/c1-7-26(34)37-25-16-31(6)21-12-11-20-18(4)23(32)13-14-30(20,5)28(21)24(33)15-22(31)27(25)19(29(35)36)10-8-9-17(2)3/h9,18,20-23,25,28,32H,7-8,10-16H2,1-6H3,(H,35,36)/b27-19-/t18-,20?,21-,22-,23+,25-,28-,30-,31+/m0/s1. The molecule has 0 heterocycles. The number of Topliss-reactive ketones (excluding diaryl/α,β-unsaturated/α-hetero) is 1. The molecule has 0 radical (unpaired) electrons. The van der Waals surface area contributed by atoms with Gasteiger partial charge in [0, 0.05) is 24.3 Å². The molecule has 206 valence electrons. The number of allylic oxidation sites excluding steroid dienone is 2. The largest absolute Gasteiger partial charge is 0.478 e. The Hall–Kier alpha value is -1.95. The summed E-state index contributed by atoms with van der Waals surface area (Å²) in [7, 11) is 0. The number of ketones is 1. The van der Waals surface area contributed by atoms with E-state index in [-0.39, 0.29) is 58.8 Å². The van der Waals surface area contributed by atoms with Gasteiger partial charge in [-0.1, -0.05) is 39.3 Å². The number of aliphatic carboxylic acids is 1. The van der Waals surface area contributed by atoms with Gasteiger partial charge in [-0.15, -0.1) is 0 Å². The van der Waals surface area contributed by atoms with Gasteiger partial charge >= 0.3 is 11.9 Å². The van der Waals surface area contributed by atoms with Crippen molar-refractivity contribution in [2.24, 2.45) is 40.4 Å². The number of aliphatic hydroxyl groups is 1. The molecule has 6 heteroatoms. The van der Waals surface area contributed by atoms with Gasteiger partial charge in [0.2, 0.25) is 0 Å². The number of hydrogen-bond acceptors (Lipinski definition) is 5. The summed E-state index contributed by atoms with van der Waals surface area (Å²) in [6, 6.07) is 0. The highest BCUT2D eigenvalue weighted by Gasteiger charge is 2.66. The van der Waals surface area contributed by atoms with Crippen LogP contribution in [0.5, 0.6) is 0 Å². The van der Waals surface area contributed by atoms with Crippen molar-refractivity contribution in [1.82, 2.24) is 0 Å². The molecule has 0 aliphatic heterocycles. The Morgan fingerprint density at radius 3 is 2.41 bits per heavy atom. The van der Waals surface area contributed by atoms with Crippen molar-refractivity contribution in [2.75, 3.05) is 0 Å². The Morgan fingerprint density at radius 1 is 1.11 bits per heavy atom. The van der Waals surface area contributed by atoms with E-state index in [1.807, 2.05) is 19.9 Å². The molecule has 0 saturated heterocycles. The maximum absolute atomic E-state index is 14.0. The zero-order chi connectivity index (χ0) is 27.3. The van der Waals surface area contributed by atoms with E-state index in [0.717, 1.165) is 31.3 Å². The fourth-order valence-corrected chi connectivity index (χ4v) is 8.99. The first kappa shape index (κ1) is 28.1. The van der Waals surface area contributed by atoms with Gasteiger partial charge in [0.1, 0.15) is 11.9 Å². The van der Waals surface area contributed by atoms with E-state index in [2.05, 4.69) is 20.8 Å². The maximum Gasteiger partial charge on any atom is 0.331 e. The van der Waals surface area contributed by atoms with Crippen LogP contribution in [0.1, 0.15) is 99.3 Å². The number of carboxylic acids is 1. The first-order chi connectivity index (χ1) is 17.3. The third-order valence-corrected chi connectivity index (χ3v) is 10.8. The fraction of sp³-hybridized carbons (Fsp3) is 0.774. The molecule has 9 atom stereocenters. The van der Waals surface area contributed by atoms with Gasteiger partial charge in [0.15, 0.2) is 0 Å². The van der Waals surface area contributed by atoms with Gasteiger partial charge in [-0.3, -0.25) is 9.59 Å². The predicted octanol–water partition coefficient (Wildman–Crippen LogP) is 5.87. The number of carbonyl (C=O) groups is 3. The second kappa shape index (κ2) is 10.3. The van der Waals surface area contributed by atoms with Crippen LogP contribution in [0.15, 0.2) is 22.8 Å². The van der Waals surface area contributed by atoms with Crippen LogP contribution in [-0.4, -0.2) is 40.1 Å². The number of carbonyl (C=O) groups excluding carboxylic acids is 2. The minimum atomic E-state index is -0.973. The first-order valence-electron chi connectivity index (χ1n) is 14.3. The highest BCUT2D eigenvalue weighted by Crippen LogP contribution is 2.68. The number of ether oxygens (including phenoxy) is 1. The van der Waals surface area contributed by atoms with E-state index >= 15 is 0 Å². The SMILES string of the molecule is CCC(=O)O[C@H]1C[C@@]2(C)[C@@H](CC(=O)[C@@H]3[C@@H]2CCC2[C@H](C)[C@H](O)CC[C@@]23C)/C1=C(\CCC=C(C)C)C(=O)O. The monoisotopic (exact) mass is 514 g/mol. The van der Waals surface area contributed by atoms with E-state index in [9.17, 15) is 24.6 Å². The summed E-state index contributed by atoms with van der Waals surface area (Å²) in [6.07, 6.45) is 6.64. The summed E-state index contributed by atoms with van der Waals surface area (Å²) in [6.45, 7) is 12.4. The van der Waals surface area contributed by atoms with E-state index < -0.39 is 12.1 Å². The summed E-state index contributed by atoms with van der Waals surface area (Å²) >= 11 is 0.